The van der Waals surface area contributed by atoms with Crippen LogP contribution in [0, 0.1) is 17.3 Å². The Bertz CT molecular complexity index is 1780. The number of piperidine rings is 1. The van der Waals surface area contributed by atoms with Crippen LogP contribution in [0.5, 0.6) is 0 Å². The number of aryl methyl sites for hydroxylation is 1. The van der Waals surface area contributed by atoms with Crippen LogP contribution in [0.2, 0.25) is 0 Å². The third kappa shape index (κ3) is 4.76. The minimum Gasteiger partial charge on any atom is -0.371 e. The van der Waals surface area contributed by atoms with Crippen LogP contribution in [-0.4, -0.2) is 87.2 Å². The van der Waals surface area contributed by atoms with E-state index < -0.39 is 9.84 Å². The second-order valence-corrected chi connectivity index (χ2v) is 17.0. The van der Waals surface area contributed by atoms with Gasteiger partial charge in [-0.1, -0.05) is 37.6 Å². The van der Waals surface area contributed by atoms with Gasteiger partial charge in [-0.05, 0) is 92.7 Å². The normalized spacial score (nSPS) is 29.4. The third-order valence-corrected chi connectivity index (χ3v) is 14.5. The molecule has 5 aliphatic rings. The molecule has 4 atom stereocenters. The van der Waals surface area contributed by atoms with Gasteiger partial charge in [0.25, 0.3) is 0 Å². The lowest BCUT2D eigenvalue weighted by molar-refractivity contribution is 0.112. The van der Waals surface area contributed by atoms with E-state index in [9.17, 15) is 13.2 Å². The molecule has 8 rings (SSSR count). The van der Waals surface area contributed by atoms with Crippen molar-refractivity contribution in [3.63, 3.8) is 0 Å². The molecule has 2 N–H and O–H groups in total. The largest absolute Gasteiger partial charge is 0.371 e. The number of anilines is 1. The molecule has 3 aliphatic heterocycles. The van der Waals surface area contributed by atoms with Crippen molar-refractivity contribution >= 4 is 21.6 Å². The Morgan fingerprint density at radius 2 is 1.73 bits per heavy atom. The summed E-state index contributed by atoms with van der Waals surface area (Å²) < 4.78 is 27.8. The number of likely N-dealkylation sites (tertiary alicyclic amines) is 1. The monoisotopic (exact) mass is 670 g/mol. The average molecular weight is 671 g/mol. The van der Waals surface area contributed by atoms with Gasteiger partial charge >= 0.3 is 6.03 Å². The minimum atomic E-state index is -3.50. The molecule has 3 aromatic rings. The van der Waals surface area contributed by atoms with E-state index in [2.05, 4.69) is 56.5 Å². The molecule has 2 amide bonds. The summed E-state index contributed by atoms with van der Waals surface area (Å²) in [7, 11) is 0.0579. The molecular weight excluding hydrogens is 621 g/mol. The molecule has 4 heterocycles. The number of sulfone groups is 1. The van der Waals surface area contributed by atoms with Crippen molar-refractivity contribution in [3.8, 4) is 0 Å². The highest BCUT2D eigenvalue weighted by Gasteiger charge is 2.84. The fourth-order valence-corrected chi connectivity index (χ4v) is 12.1. The number of carbonyl (C=O) groups is 1. The smallest absolute Gasteiger partial charge is 0.314 e. The lowest BCUT2D eigenvalue weighted by atomic mass is 9.68. The van der Waals surface area contributed by atoms with E-state index in [4.69, 9.17) is 0 Å². The van der Waals surface area contributed by atoms with Crippen molar-refractivity contribution in [1.29, 1.82) is 0 Å². The Morgan fingerprint density at radius 3 is 2.42 bits per heavy atom. The molecule has 256 valence electrons. The molecule has 2 saturated heterocycles. The van der Waals surface area contributed by atoms with Gasteiger partial charge < -0.3 is 25.0 Å². The maximum atomic E-state index is 13.0. The number of benzene rings is 2. The number of nitrogens with one attached hydrogen (secondary N) is 2. The Hall–Kier alpha value is -3.34. The predicted octanol–water partition coefficient (Wildman–Crippen LogP) is 4.63. The van der Waals surface area contributed by atoms with E-state index in [1.54, 1.807) is 47.8 Å². The van der Waals surface area contributed by atoms with Crippen LogP contribution >= 0.6 is 0 Å². The van der Waals surface area contributed by atoms with E-state index >= 15 is 0 Å². The van der Waals surface area contributed by atoms with Gasteiger partial charge in [0.1, 0.15) is 0 Å². The third-order valence-electron chi connectivity index (χ3n) is 12.8. The summed E-state index contributed by atoms with van der Waals surface area (Å²) in [5.41, 5.74) is 4.34. The predicted molar refractivity (Wildman–Crippen MR) is 188 cm³/mol. The zero-order chi connectivity index (χ0) is 33.3. The molecule has 1 aromatic heterocycles. The Balaban J connectivity index is 0.934. The van der Waals surface area contributed by atoms with Gasteiger partial charge in [-0.2, -0.15) is 0 Å². The maximum absolute atomic E-state index is 13.0. The van der Waals surface area contributed by atoms with Crippen LogP contribution in [0.4, 0.5) is 10.5 Å². The quantitative estimate of drug-likeness (QED) is 0.364. The molecule has 10 heteroatoms. The van der Waals surface area contributed by atoms with Gasteiger partial charge in [0.15, 0.2) is 0 Å². The fourth-order valence-electron chi connectivity index (χ4n) is 10.8. The molecule has 2 aliphatic carbocycles. The van der Waals surface area contributed by atoms with Crippen LogP contribution in [0.15, 0.2) is 76.8 Å². The number of urea groups is 1. The number of amides is 2. The summed E-state index contributed by atoms with van der Waals surface area (Å²) in [5, 5.41) is 6.28. The molecule has 0 radical (unpaired) electrons. The topological polar surface area (TPSA) is 89.9 Å². The number of nitrogens with zero attached hydrogens (tertiary/aromatic N) is 4. The fraction of sp³-hybridized carbons (Fsp3) is 0.553. The average Bonchev–Trinajstić information content (AvgIpc) is 3.31. The van der Waals surface area contributed by atoms with E-state index in [1.165, 1.54) is 31.2 Å². The highest BCUT2D eigenvalue weighted by molar-refractivity contribution is 7.91. The highest BCUT2D eigenvalue weighted by atomic mass is 32.2. The second-order valence-electron chi connectivity index (χ2n) is 15.1. The van der Waals surface area contributed by atoms with Crippen molar-refractivity contribution in [2.24, 2.45) is 24.3 Å². The Morgan fingerprint density at radius 1 is 0.979 bits per heavy atom. The van der Waals surface area contributed by atoms with Crippen LogP contribution in [-0.2, 0) is 28.8 Å². The SMILES string of the molecule is CCN1Cc2ccccc2C2(C3CCN(CC4CN(c5ccc(S(=O)(=O)c6ccn(C)c6)cc5)C4)CC3)C1C21CCC[C@@H]1NC(=O)NC. The molecule has 1 spiro atoms. The lowest BCUT2D eigenvalue weighted by Gasteiger charge is -2.46. The number of fused-ring (bicyclic) bond motifs is 5. The second kappa shape index (κ2) is 11.9. The maximum Gasteiger partial charge on any atom is 0.314 e. The van der Waals surface area contributed by atoms with Gasteiger partial charge in [0.05, 0.1) is 9.79 Å². The molecule has 0 bridgehead atoms. The molecule has 2 aromatic carbocycles. The molecule has 3 unspecified atom stereocenters. The van der Waals surface area contributed by atoms with E-state index in [1.807, 2.05) is 19.2 Å². The molecule has 4 fully saturated rings. The van der Waals surface area contributed by atoms with Gasteiger partial charge in [-0.25, -0.2) is 13.2 Å². The first-order valence-electron chi connectivity index (χ1n) is 18.0. The summed E-state index contributed by atoms with van der Waals surface area (Å²) in [6.45, 7) is 9.74. The number of aromatic nitrogens is 1. The summed E-state index contributed by atoms with van der Waals surface area (Å²) in [5.74, 6) is 1.22. The van der Waals surface area contributed by atoms with E-state index in [-0.39, 0.29) is 22.9 Å². The van der Waals surface area contributed by atoms with E-state index in [0.717, 1.165) is 57.9 Å². The Kier molecular flexibility index (Phi) is 7.92. The van der Waals surface area contributed by atoms with E-state index in [0.29, 0.717) is 27.7 Å². The zero-order valence-electron chi connectivity index (χ0n) is 28.6. The number of carbonyl (C=O) groups excluding carboxylic acids is 1. The minimum absolute atomic E-state index is 0.0473. The molecule has 2 saturated carbocycles. The molecule has 48 heavy (non-hydrogen) atoms. The van der Waals surface area contributed by atoms with Crippen molar-refractivity contribution in [3.05, 3.63) is 78.1 Å². The number of likely N-dealkylation sites (N-methyl/N-ethyl adjacent to an activating group) is 1. The molecular formula is C38H50N6O3S. The van der Waals surface area contributed by atoms with Crippen LogP contribution in [0.25, 0.3) is 0 Å². The first-order valence-corrected chi connectivity index (χ1v) is 19.5. The number of rotatable bonds is 8. The van der Waals surface area contributed by atoms with Gasteiger partial charge in [-0.3, -0.25) is 4.90 Å². The lowest BCUT2D eigenvalue weighted by Crippen LogP contribution is -2.53. The summed E-state index contributed by atoms with van der Waals surface area (Å²) in [6.07, 6.45) is 9.24. The first kappa shape index (κ1) is 31.9. The summed E-state index contributed by atoms with van der Waals surface area (Å²) in [6, 6.07) is 18.9. The van der Waals surface area contributed by atoms with Gasteiger partial charge in [-0.15, -0.1) is 0 Å². The van der Waals surface area contributed by atoms with Crippen molar-refractivity contribution in [2.45, 2.75) is 72.9 Å². The van der Waals surface area contributed by atoms with Crippen LogP contribution in [0.1, 0.15) is 50.2 Å². The summed E-state index contributed by atoms with van der Waals surface area (Å²) in [4.78, 5) is 21.2. The number of hydrogen-bond acceptors (Lipinski definition) is 6. The van der Waals surface area contributed by atoms with Gasteiger partial charge in [0, 0.05) is 87.2 Å². The number of hydrogen-bond donors (Lipinski definition) is 2. The highest BCUT2D eigenvalue weighted by Crippen LogP contribution is 2.79. The zero-order valence-corrected chi connectivity index (χ0v) is 29.4. The van der Waals surface area contributed by atoms with Crippen molar-refractivity contribution < 1.29 is 13.2 Å². The van der Waals surface area contributed by atoms with Crippen molar-refractivity contribution in [1.82, 2.24) is 25.0 Å². The standard InChI is InChI=1S/C38H50N6O3S/c1-4-43-25-28-8-5-6-9-33(28)38(35(43)37(38)18-7-10-34(37)40-36(45)39-2)29-15-20-42(21-16-29)22-27-23-44(24-27)30-11-13-31(14-12-30)48(46,47)32-17-19-41(3)26-32/h5-6,8-9,11-14,17,19,26-27,29,34-35H,4,7,10,15-16,18,20-25H2,1-3H3,(H2,39,40,45)/t34-,35?,37?,38?/m0/s1. The van der Waals surface area contributed by atoms with Gasteiger partial charge in [0.2, 0.25) is 9.84 Å². The molecule has 9 nitrogen and oxygen atoms in total. The Labute approximate surface area is 285 Å². The van der Waals surface area contributed by atoms with Crippen LogP contribution in [0.3, 0.4) is 0 Å². The summed E-state index contributed by atoms with van der Waals surface area (Å²) >= 11 is 0. The van der Waals surface area contributed by atoms with Crippen LogP contribution < -0.4 is 15.5 Å². The van der Waals surface area contributed by atoms with Crippen molar-refractivity contribution in [2.75, 3.05) is 51.2 Å². The first-order chi connectivity index (χ1) is 23.2.